The van der Waals surface area contributed by atoms with Crippen molar-refractivity contribution in [1.29, 1.82) is 0 Å². The summed E-state index contributed by atoms with van der Waals surface area (Å²) in [5.41, 5.74) is 3.28. The van der Waals surface area contributed by atoms with Gasteiger partial charge < -0.3 is 10.2 Å². The molecule has 0 aromatic heterocycles. The van der Waals surface area contributed by atoms with Crippen LogP contribution in [0.25, 0.3) is 0 Å². The number of nitrogens with zero attached hydrogens (tertiary/aromatic N) is 2. The van der Waals surface area contributed by atoms with Crippen molar-refractivity contribution >= 4 is 27.5 Å². The maximum Gasteiger partial charge on any atom is 0.242 e. The fraction of sp³-hybridized carbons (Fsp3) is 0.500. The minimum absolute atomic E-state index is 0.123. The van der Waals surface area contributed by atoms with Crippen LogP contribution in [0.3, 0.4) is 0 Å². The molecule has 2 rings (SSSR count). The number of carbonyl (C=O) groups excluding carboxylic acids is 2. The van der Waals surface area contributed by atoms with Gasteiger partial charge in [-0.3, -0.25) is 13.9 Å². The van der Waals surface area contributed by atoms with Gasteiger partial charge in [-0.15, -0.1) is 0 Å². The van der Waals surface area contributed by atoms with E-state index in [4.69, 9.17) is 0 Å². The summed E-state index contributed by atoms with van der Waals surface area (Å²) >= 11 is 0. The molecule has 0 aliphatic heterocycles. The van der Waals surface area contributed by atoms with Gasteiger partial charge in [-0.05, 0) is 76.3 Å². The van der Waals surface area contributed by atoms with E-state index in [0.717, 1.165) is 23.1 Å². The highest BCUT2D eigenvalue weighted by Crippen LogP contribution is 2.21. The summed E-state index contributed by atoms with van der Waals surface area (Å²) in [6, 6.07) is 14.5. The number of hydrogen-bond donors (Lipinski definition) is 1. The highest BCUT2D eigenvalue weighted by Gasteiger charge is 2.29. The molecule has 0 saturated heterocycles. The molecule has 7 nitrogen and oxygen atoms in total. The number of sulfonamides is 1. The molecule has 0 bridgehead atoms. The Kier molecular flexibility index (Phi) is 10.1. The Balaban J connectivity index is 2.19. The van der Waals surface area contributed by atoms with Crippen molar-refractivity contribution in [2.45, 2.75) is 78.9 Å². The average molecular weight is 516 g/mol. The molecule has 2 amide bonds. The smallest absolute Gasteiger partial charge is 0.242 e. The largest absolute Gasteiger partial charge is 0.350 e. The molecule has 36 heavy (non-hydrogen) atoms. The van der Waals surface area contributed by atoms with Gasteiger partial charge in [0.05, 0.1) is 11.9 Å². The summed E-state index contributed by atoms with van der Waals surface area (Å²) in [6.07, 6.45) is 2.49. The fourth-order valence-corrected chi connectivity index (χ4v) is 4.89. The average Bonchev–Trinajstić information content (AvgIpc) is 2.79. The van der Waals surface area contributed by atoms with Crippen LogP contribution in [0.5, 0.6) is 0 Å². The first-order valence-electron chi connectivity index (χ1n) is 12.5. The van der Waals surface area contributed by atoms with Crippen molar-refractivity contribution in [2.24, 2.45) is 0 Å². The van der Waals surface area contributed by atoms with E-state index in [1.165, 1.54) is 10.6 Å². The van der Waals surface area contributed by atoms with E-state index in [-0.39, 0.29) is 24.8 Å². The second-order valence-electron chi connectivity index (χ2n) is 10.3. The van der Waals surface area contributed by atoms with E-state index >= 15 is 0 Å². The van der Waals surface area contributed by atoms with E-state index in [1.54, 1.807) is 24.0 Å². The lowest BCUT2D eigenvalue weighted by Crippen LogP contribution is -2.52. The van der Waals surface area contributed by atoms with E-state index in [2.05, 4.69) is 5.32 Å². The lowest BCUT2D eigenvalue weighted by molar-refractivity contribution is -0.141. The van der Waals surface area contributed by atoms with Crippen LogP contribution in [-0.2, 0) is 32.6 Å². The van der Waals surface area contributed by atoms with E-state index in [0.29, 0.717) is 18.7 Å². The zero-order valence-electron chi connectivity index (χ0n) is 22.7. The van der Waals surface area contributed by atoms with Gasteiger partial charge in [0.25, 0.3) is 0 Å². The molecule has 0 spiro atoms. The molecule has 0 radical (unpaired) electrons. The van der Waals surface area contributed by atoms with E-state index in [1.807, 2.05) is 71.0 Å². The van der Waals surface area contributed by atoms with Crippen molar-refractivity contribution in [3.05, 3.63) is 65.2 Å². The van der Waals surface area contributed by atoms with Gasteiger partial charge in [0.15, 0.2) is 0 Å². The van der Waals surface area contributed by atoms with Crippen LogP contribution in [0.15, 0.2) is 48.5 Å². The number of hydrogen-bond acceptors (Lipinski definition) is 4. The maximum absolute atomic E-state index is 13.4. The quantitative estimate of drug-likeness (QED) is 0.479. The third kappa shape index (κ3) is 8.66. The molecule has 2 aromatic carbocycles. The van der Waals surface area contributed by atoms with E-state index in [9.17, 15) is 18.0 Å². The summed E-state index contributed by atoms with van der Waals surface area (Å²) in [6.45, 7) is 11.9. The van der Waals surface area contributed by atoms with Crippen molar-refractivity contribution in [1.82, 2.24) is 10.2 Å². The topological polar surface area (TPSA) is 86.8 Å². The van der Waals surface area contributed by atoms with Crippen LogP contribution in [0.2, 0.25) is 0 Å². The fourth-order valence-electron chi connectivity index (χ4n) is 3.93. The lowest BCUT2D eigenvalue weighted by atomic mass is 10.1. The molecule has 0 aliphatic carbocycles. The molecular weight excluding hydrogens is 474 g/mol. The van der Waals surface area contributed by atoms with Gasteiger partial charge in [0, 0.05) is 25.0 Å². The Hall–Kier alpha value is -2.87. The van der Waals surface area contributed by atoms with Gasteiger partial charge in [-0.25, -0.2) is 8.42 Å². The Bertz CT molecular complexity index is 1140. The maximum atomic E-state index is 13.4. The Morgan fingerprint density at radius 1 is 1.03 bits per heavy atom. The van der Waals surface area contributed by atoms with Crippen LogP contribution in [0.4, 0.5) is 5.69 Å². The van der Waals surface area contributed by atoms with Gasteiger partial charge >= 0.3 is 0 Å². The van der Waals surface area contributed by atoms with Crippen LogP contribution >= 0.6 is 0 Å². The molecule has 198 valence electrons. The standard InChI is InChI=1S/C28H41N3O4S/c1-8-23-15-17-25(18-16-23)31(36(7,34)35)19-11-14-26(32)30(20-24-13-10-9-12-21(24)2)22(3)27(33)29-28(4,5)6/h9-10,12-13,15-18,22H,8,11,14,19-20H2,1-7H3,(H,29,33)/t22-/m1/s1. The highest BCUT2D eigenvalue weighted by atomic mass is 32.2. The van der Waals surface area contributed by atoms with Crippen molar-refractivity contribution < 1.29 is 18.0 Å². The molecule has 0 fully saturated rings. The number of benzene rings is 2. The lowest BCUT2D eigenvalue weighted by Gasteiger charge is -2.32. The molecular formula is C28H41N3O4S. The summed E-state index contributed by atoms with van der Waals surface area (Å²) < 4.78 is 26.3. The number of anilines is 1. The van der Waals surface area contributed by atoms with Crippen LogP contribution < -0.4 is 9.62 Å². The number of nitrogens with one attached hydrogen (secondary N) is 1. The molecule has 2 aromatic rings. The second kappa shape index (κ2) is 12.4. The first kappa shape index (κ1) is 29.4. The minimum atomic E-state index is -3.52. The minimum Gasteiger partial charge on any atom is -0.350 e. The third-order valence-electron chi connectivity index (χ3n) is 6.05. The monoisotopic (exact) mass is 515 g/mol. The predicted molar refractivity (Wildman–Crippen MR) is 146 cm³/mol. The first-order valence-corrected chi connectivity index (χ1v) is 14.3. The Labute approximate surface area is 216 Å². The molecule has 1 N–H and O–H groups in total. The summed E-state index contributed by atoms with van der Waals surface area (Å²) in [5, 5.41) is 2.96. The molecule has 0 heterocycles. The number of rotatable bonds is 11. The third-order valence-corrected chi connectivity index (χ3v) is 7.25. The highest BCUT2D eigenvalue weighted by molar-refractivity contribution is 7.92. The summed E-state index contributed by atoms with van der Waals surface area (Å²) in [4.78, 5) is 27.9. The number of carbonyl (C=O) groups is 2. The van der Waals surface area contributed by atoms with Gasteiger partial charge in [0.1, 0.15) is 6.04 Å². The number of aryl methyl sites for hydroxylation is 2. The predicted octanol–water partition coefficient (Wildman–Crippen LogP) is 4.44. The Morgan fingerprint density at radius 2 is 1.64 bits per heavy atom. The van der Waals surface area contributed by atoms with Crippen LogP contribution in [0, 0.1) is 6.92 Å². The van der Waals surface area contributed by atoms with Crippen LogP contribution in [-0.4, -0.2) is 49.5 Å². The molecule has 8 heteroatoms. The molecule has 0 unspecified atom stereocenters. The number of amides is 2. The summed E-state index contributed by atoms with van der Waals surface area (Å²) in [7, 11) is -3.52. The zero-order valence-corrected chi connectivity index (χ0v) is 23.5. The molecule has 0 aliphatic rings. The van der Waals surface area contributed by atoms with Crippen molar-refractivity contribution in [3.8, 4) is 0 Å². The van der Waals surface area contributed by atoms with Crippen LogP contribution in [0.1, 0.15) is 64.2 Å². The van der Waals surface area contributed by atoms with Crippen molar-refractivity contribution in [2.75, 3.05) is 17.1 Å². The normalized spacial score (nSPS) is 12.6. The Morgan fingerprint density at radius 3 is 2.17 bits per heavy atom. The molecule has 1 atom stereocenters. The first-order chi connectivity index (χ1) is 16.7. The SMILES string of the molecule is CCc1ccc(N(CCCC(=O)N(Cc2ccccc2C)[C@H](C)C(=O)NC(C)(C)C)S(C)(=O)=O)cc1. The molecule has 0 saturated carbocycles. The van der Waals surface area contributed by atoms with Gasteiger partial charge in [0.2, 0.25) is 21.8 Å². The van der Waals surface area contributed by atoms with E-state index < -0.39 is 21.6 Å². The van der Waals surface area contributed by atoms with Gasteiger partial charge in [-0.2, -0.15) is 0 Å². The zero-order chi connectivity index (χ0) is 27.1. The summed E-state index contributed by atoms with van der Waals surface area (Å²) in [5.74, 6) is -0.414. The van der Waals surface area contributed by atoms with Gasteiger partial charge in [-0.1, -0.05) is 43.3 Å². The second-order valence-corrected chi connectivity index (χ2v) is 12.2. The van der Waals surface area contributed by atoms with Crippen molar-refractivity contribution in [3.63, 3.8) is 0 Å².